The molecule has 7 heteroatoms. The van der Waals surface area contributed by atoms with Crippen molar-refractivity contribution in [2.45, 2.75) is 18.7 Å². The summed E-state index contributed by atoms with van der Waals surface area (Å²) >= 11 is 0. The lowest BCUT2D eigenvalue weighted by Crippen LogP contribution is -2.35. The Kier molecular flexibility index (Phi) is 6.60. The molecular formula is C14H25N3O3S. The minimum atomic E-state index is -3.59. The van der Waals surface area contributed by atoms with Gasteiger partial charge in [-0.2, -0.15) is 0 Å². The van der Waals surface area contributed by atoms with E-state index in [1.54, 1.807) is 27.0 Å². The van der Waals surface area contributed by atoms with Crippen molar-refractivity contribution < 1.29 is 13.2 Å². The summed E-state index contributed by atoms with van der Waals surface area (Å²) < 4.78 is 32.4. The van der Waals surface area contributed by atoms with Crippen LogP contribution in [0.25, 0.3) is 0 Å². The summed E-state index contributed by atoms with van der Waals surface area (Å²) in [7, 11) is -0.0382. The molecule has 1 aromatic carbocycles. The fourth-order valence-electron chi connectivity index (χ4n) is 1.97. The number of methoxy groups -OCH3 is 1. The lowest BCUT2D eigenvalue weighted by Gasteiger charge is -2.17. The van der Waals surface area contributed by atoms with Gasteiger partial charge in [-0.15, -0.1) is 0 Å². The van der Waals surface area contributed by atoms with Gasteiger partial charge in [-0.1, -0.05) is 12.1 Å². The van der Waals surface area contributed by atoms with E-state index in [1.807, 2.05) is 18.0 Å². The molecule has 0 saturated heterocycles. The van der Waals surface area contributed by atoms with Crippen LogP contribution in [0.3, 0.4) is 0 Å². The maximum Gasteiger partial charge on any atom is 0.242 e. The quantitative estimate of drug-likeness (QED) is 0.691. The van der Waals surface area contributed by atoms with E-state index in [2.05, 4.69) is 4.72 Å². The van der Waals surface area contributed by atoms with E-state index in [0.717, 1.165) is 12.1 Å². The van der Waals surface area contributed by atoms with Crippen molar-refractivity contribution in [3.8, 4) is 0 Å². The van der Waals surface area contributed by atoms with Crippen molar-refractivity contribution in [1.29, 1.82) is 0 Å². The Hall–Kier alpha value is -1.15. The Balaban J connectivity index is 2.73. The van der Waals surface area contributed by atoms with Gasteiger partial charge in [-0.3, -0.25) is 0 Å². The minimum absolute atomic E-state index is 0.182. The fourth-order valence-corrected chi connectivity index (χ4v) is 3.41. The molecule has 0 bridgehead atoms. The average molecular weight is 315 g/mol. The van der Waals surface area contributed by atoms with Crippen LogP contribution in [0.1, 0.15) is 11.1 Å². The molecule has 0 heterocycles. The Labute approximate surface area is 127 Å². The molecule has 1 rings (SSSR count). The number of hydrogen-bond donors (Lipinski definition) is 2. The van der Waals surface area contributed by atoms with Crippen molar-refractivity contribution in [3.05, 3.63) is 23.3 Å². The standard InChI is InChI=1S/C14H25N3O3S/c1-11-5-6-12(2)14(13(11)15)21(18,19)16-7-8-17(3)9-10-20-4/h5-6,16H,7-10,15H2,1-4H3. The minimum Gasteiger partial charge on any atom is -0.397 e. The molecule has 0 aliphatic heterocycles. The van der Waals surface area contributed by atoms with E-state index in [4.69, 9.17) is 10.5 Å². The van der Waals surface area contributed by atoms with Crippen LogP contribution >= 0.6 is 0 Å². The van der Waals surface area contributed by atoms with E-state index < -0.39 is 10.0 Å². The van der Waals surface area contributed by atoms with Gasteiger partial charge in [-0.05, 0) is 32.0 Å². The summed E-state index contributed by atoms with van der Waals surface area (Å²) in [6.07, 6.45) is 0. The van der Waals surface area contributed by atoms with E-state index >= 15 is 0 Å². The zero-order chi connectivity index (χ0) is 16.0. The van der Waals surface area contributed by atoms with Crippen molar-refractivity contribution in [2.75, 3.05) is 46.1 Å². The first-order valence-electron chi connectivity index (χ1n) is 6.82. The van der Waals surface area contributed by atoms with Crippen LogP contribution in [0.15, 0.2) is 17.0 Å². The number of hydrogen-bond acceptors (Lipinski definition) is 5. The van der Waals surface area contributed by atoms with Gasteiger partial charge in [0.05, 0.1) is 12.3 Å². The molecule has 0 aromatic heterocycles. The highest BCUT2D eigenvalue weighted by atomic mass is 32.2. The third-order valence-corrected chi connectivity index (χ3v) is 5.01. The van der Waals surface area contributed by atoms with Crippen LogP contribution < -0.4 is 10.5 Å². The van der Waals surface area contributed by atoms with E-state index in [1.165, 1.54) is 0 Å². The first-order valence-corrected chi connectivity index (χ1v) is 8.30. The van der Waals surface area contributed by atoms with Crippen molar-refractivity contribution >= 4 is 15.7 Å². The Morgan fingerprint density at radius 3 is 2.48 bits per heavy atom. The van der Waals surface area contributed by atoms with Crippen molar-refractivity contribution in [2.24, 2.45) is 0 Å². The second-order valence-corrected chi connectivity index (χ2v) is 6.84. The molecular weight excluding hydrogens is 290 g/mol. The molecule has 0 aliphatic rings. The van der Waals surface area contributed by atoms with E-state index in [0.29, 0.717) is 30.9 Å². The topological polar surface area (TPSA) is 84.7 Å². The highest BCUT2D eigenvalue weighted by molar-refractivity contribution is 7.89. The molecule has 21 heavy (non-hydrogen) atoms. The normalized spacial score (nSPS) is 12.0. The van der Waals surface area contributed by atoms with Crippen molar-refractivity contribution in [3.63, 3.8) is 0 Å². The highest BCUT2D eigenvalue weighted by Gasteiger charge is 2.20. The number of sulfonamides is 1. The third-order valence-electron chi connectivity index (χ3n) is 3.34. The summed E-state index contributed by atoms with van der Waals surface area (Å²) in [5, 5.41) is 0. The number of likely N-dealkylation sites (N-methyl/N-ethyl adjacent to an activating group) is 1. The number of anilines is 1. The molecule has 0 fully saturated rings. The van der Waals surface area contributed by atoms with Crippen molar-refractivity contribution in [1.82, 2.24) is 9.62 Å². The number of aryl methyl sites for hydroxylation is 2. The lowest BCUT2D eigenvalue weighted by molar-refractivity contribution is 0.162. The van der Waals surface area contributed by atoms with E-state index in [-0.39, 0.29) is 4.90 Å². The van der Waals surface area contributed by atoms with Crippen LogP contribution in [0.4, 0.5) is 5.69 Å². The predicted molar refractivity (Wildman–Crippen MR) is 84.9 cm³/mol. The molecule has 0 atom stereocenters. The van der Waals surface area contributed by atoms with Crippen LogP contribution in [-0.4, -0.2) is 53.7 Å². The van der Waals surface area contributed by atoms with Gasteiger partial charge in [0.1, 0.15) is 4.90 Å². The Morgan fingerprint density at radius 1 is 1.24 bits per heavy atom. The van der Waals surface area contributed by atoms with Gasteiger partial charge in [0.2, 0.25) is 10.0 Å². The number of rotatable bonds is 8. The molecule has 0 radical (unpaired) electrons. The van der Waals surface area contributed by atoms with Gasteiger partial charge in [0.25, 0.3) is 0 Å². The second kappa shape index (κ2) is 7.74. The molecule has 6 nitrogen and oxygen atoms in total. The summed E-state index contributed by atoms with van der Waals surface area (Å²) in [5.74, 6) is 0. The molecule has 1 aromatic rings. The Bertz CT molecular complexity index is 573. The number of nitrogens with two attached hydrogens (primary N) is 1. The van der Waals surface area contributed by atoms with Gasteiger partial charge in [0, 0.05) is 26.7 Å². The number of nitrogens with zero attached hydrogens (tertiary/aromatic N) is 1. The zero-order valence-electron chi connectivity index (χ0n) is 13.1. The first kappa shape index (κ1) is 17.9. The van der Waals surface area contributed by atoms with Gasteiger partial charge < -0.3 is 15.4 Å². The largest absolute Gasteiger partial charge is 0.397 e. The molecule has 120 valence electrons. The zero-order valence-corrected chi connectivity index (χ0v) is 14.0. The molecule has 3 N–H and O–H groups in total. The summed E-state index contributed by atoms with van der Waals surface area (Å²) in [6.45, 7) is 5.85. The molecule has 0 amide bonds. The van der Waals surface area contributed by atoms with Gasteiger partial charge in [0.15, 0.2) is 0 Å². The Morgan fingerprint density at radius 2 is 1.86 bits per heavy atom. The molecule has 0 unspecified atom stereocenters. The number of ether oxygens (including phenoxy) is 1. The number of nitrogen functional groups attached to an aromatic ring is 1. The maximum atomic E-state index is 12.4. The van der Waals surface area contributed by atoms with Gasteiger partial charge in [-0.25, -0.2) is 13.1 Å². The van der Waals surface area contributed by atoms with E-state index in [9.17, 15) is 8.42 Å². The number of benzene rings is 1. The predicted octanol–water partition coefficient (Wildman–Crippen LogP) is 0.742. The maximum absolute atomic E-state index is 12.4. The average Bonchev–Trinajstić information content (AvgIpc) is 2.40. The monoisotopic (exact) mass is 315 g/mol. The molecule has 0 spiro atoms. The summed E-state index contributed by atoms with van der Waals surface area (Å²) in [6, 6.07) is 3.59. The lowest BCUT2D eigenvalue weighted by atomic mass is 10.1. The molecule has 0 saturated carbocycles. The van der Waals surface area contributed by atoms with Crippen LogP contribution in [0.5, 0.6) is 0 Å². The second-order valence-electron chi connectivity index (χ2n) is 5.14. The fraction of sp³-hybridized carbons (Fsp3) is 0.571. The first-order chi connectivity index (χ1) is 9.79. The van der Waals surface area contributed by atoms with Crippen LogP contribution in [0, 0.1) is 13.8 Å². The summed E-state index contributed by atoms with van der Waals surface area (Å²) in [4.78, 5) is 2.18. The molecule has 0 aliphatic carbocycles. The highest BCUT2D eigenvalue weighted by Crippen LogP contribution is 2.25. The summed E-state index contributed by atoms with van der Waals surface area (Å²) in [5.41, 5.74) is 7.65. The number of nitrogens with one attached hydrogen (secondary N) is 1. The third kappa shape index (κ3) is 4.96. The smallest absolute Gasteiger partial charge is 0.242 e. The van der Waals surface area contributed by atoms with Crippen LogP contribution in [-0.2, 0) is 14.8 Å². The SMILES string of the molecule is COCCN(C)CCNS(=O)(=O)c1c(C)ccc(C)c1N. The van der Waals surface area contributed by atoms with Gasteiger partial charge >= 0.3 is 0 Å². The van der Waals surface area contributed by atoms with Crippen LogP contribution in [0.2, 0.25) is 0 Å².